The van der Waals surface area contributed by atoms with Gasteiger partial charge < -0.3 is 15.0 Å². The molecular weight excluding hydrogens is 358 g/mol. The maximum absolute atomic E-state index is 12.7. The zero-order chi connectivity index (χ0) is 21.4. The van der Waals surface area contributed by atoms with E-state index >= 15 is 0 Å². The number of carbonyl (C=O) groups excluding carboxylic acids is 3. The van der Waals surface area contributed by atoms with Crippen LogP contribution in [0.3, 0.4) is 0 Å². The summed E-state index contributed by atoms with van der Waals surface area (Å²) in [6.45, 7) is 10.6. The molecule has 0 aromatic rings. The number of likely N-dealkylation sites (N-methyl/N-ethyl adjacent to an activating group) is 2. The van der Waals surface area contributed by atoms with Crippen molar-refractivity contribution in [3.8, 4) is 0 Å². The third kappa shape index (κ3) is 6.62. The summed E-state index contributed by atoms with van der Waals surface area (Å²) in [5, 5.41) is 2.80. The molecule has 1 heterocycles. The number of ether oxygens (including phenoxy) is 1. The third-order valence-electron chi connectivity index (χ3n) is 5.41. The molecule has 3 atom stereocenters. The highest BCUT2D eigenvalue weighted by molar-refractivity contribution is 5.89. The fourth-order valence-corrected chi connectivity index (χ4v) is 3.73. The van der Waals surface area contributed by atoms with Gasteiger partial charge in [-0.2, -0.15) is 0 Å². The second kappa shape index (κ2) is 11.2. The lowest BCUT2D eigenvalue weighted by molar-refractivity contribution is -0.138. The van der Waals surface area contributed by atoms with Crippen LogP contribution in [0, 0.1) is 11.8 Å². The second-order valence-corrected chi connectivity index (χ2v) is 8.07. The molecule has 0 saturated carbocycles. The molecule has 1 aliphatic heterocycles. The Kier molecular flexibility index (Phi) is 9.65. The average molecular weight is 396 g/mol. The first-order valence-electron chi connectivity index (χ1n) is 10.2. The number of hydrogen-bond donors (Lipinski definition) is 1. The molecule has 1 aliphatic rings. The predicted octanol–water partition coefficient (Wildman–Crippen LogP) is 1.83. The van der Waals surface area contributed by atoms with E-state index in [1.807, 2.05) is 20.9 Å². The number of esters is 1. The first-order valence-corrected chi connectivity index (χ1v) is 10.2. The maximum atomic E-state index is 12.7. The van der Waals surface area contributed by atoms with E-state index in [-0.39, 0.29) is 48.2 Å². The van der Waals surface area contributed by atoms with Crippen LogP contribution in [-0.2, 0) is 19.1 Å². The highest BCUT2D eigenvalue weighted by Crippen LogP contribution is 2.22. The second-order valence-electron chi connectivity index (χ2n) is 8.07. The summed E-state index contributed by atoms with van der Waals surface area (Å²) in [5.41, 5.74) is 0.474. The first-order chi connectivity index (χ1) is 13.1. The molecule has 0 spiro atoms. The number of rotatable bonds is 8. The quantitative estimate of drug-likeness (QED) is 0.501. The molecule has 1 rings (SSSR count). The van der Waals surface area contributed by atoms with Crippen LogP contribution in [0.25, 0.3) is 0 Å². The lowest BCUT2D eigenvalue weighted by atomic mass is 9.90. The van der Waals surface area contributed by atoms with Gasteiger partial charge in [-0.05, 0) is 52.1 Å². The van der Waals surface area contributed by atoms with Crippen LogP contribution in [0.15, 0.2) is 11.6 Å². The third-order valence-corrected chi connectivity index (χ3v) is 5.41. The van der Waals surface area contributed by atoms with Gasteiger partial charge in [0.25, 0.3) is 0 Å². The van der Waals surface area contributed by atoms with E-state index < -0.39 is 0 Å². The van der Waals surface area contributed by atoms with Crippen LogP contribution in [0.1, 0.15) is 47.5 Å². The number of hydrogen-bond acceptors (Lipinski definition) is 5. The summed E-state index contributed by atoms with van der Waals surface area (Å²) in [4.78, 5) is 40.8. The Hall–Kier alpha value is -1.89. The monoisotopic (exact) mass is 395 g/mol. The van der Waals surface area contributed by atoms with Crippen molar-refractivity contribution < 1.29 is 19.1 Å². The van der Waals surface area contributed by atoms with Gasteiger partial charge in [-0.3, -0.25) is 14.5 Å². The molecule has 28 heavy (non-hydrogen) atoms. The molecule has 0 bridgehead atoms. The molecular formula is C21H37N3O4. The minimum atomic E-state index is -0.378. The van der Waals surface area contributed by atoms with Crippen molar-refractivity contribution in [3.05, 3.63) is 11.6 Å². The Balaban J connectivity index is 2.73. The molecule has 7 heteroatoms. The van der Waals surface area contributed by atoms with Crippen LogP contribution in [0.4, 0.5) is 0 Å². The maximum Gasteiger partial charge on any atom is 0.333 e. The van der Waals surface area contributed by atoms with Gasteiger partial charge in [0.2, 0.25) is 11.8 Å². The lowest BCUT2D eigenvalue weighted by Gasteiger charge is -2.36. The van der Waals surface area contributed by atoms with Gasteiger partial charge in [-0.25, -0.2) is 4.79 Å². The van der Waals surface area contributed by atoms with E-state index in [1.165, 1.54) is 0 Å². The van der Waals surface area contributed by atoms with E-state index in [9.17, 15) is 14.4 Å². The summed E-state index contributed by atoms with van der Waals surface area (Å²) >= 11 is 0. The Morgan fingerprint density at radius 3 is 2.50 bits per heavy atom. The van der Waals surface area contributed by atoms with E-state index in [0.29, 0.717) is 12.2 Å². The van der Waals surface area contributed by atoms with Crippen molar-refractivity contribution in [1.82, 2.24) is 15.1 Å². The van der Waals surface area contributed by atoms with E-state index in [1.54, 1.807) is 31.9 Å². The summed E-state index contributed by atoms with van der Waals surface area (Å²) in [7, 11) is 3.65. The molecule has 7 nitrogen and oxygen atoms in total. The van der Waals surface area contributed by atoms with Crippen molar-refractivity contribution in [3.63, 3.8) is 0 Å². The number of carbonyl (C=O) groups is 3. The standard InChI is InChI=1S/C21H37N3O4/c1-8-28-21(27)16(5)12-17(14(2)3)24(7)18(25)13-22-20(26)19-15(4)10-9-11-23(19)6/h12,14-15,17,19H,8-11,13H2,1-7H3,(H,22,26). The topological polar surface area (TPSA) is 79.0 Å². The van der Waals surface area contributed by atoms with E-state index in [4.69, 9.17) is 4.74 Å². The molecule has 1 fully saturated rings. The van der Waals surface area contributed by atoms with Gasteiger partial charge in [0, 0.05) is 12.6 Å². The van der Waals surface area contributed by atoms with Gasteiger partial charge in [-0.1, -0.05) is 26.8 Å². The average Bonchev–Trinajstić information content (AvgIpc) is 2.63. The molecule has 0 radical (unpaired) electrons. The van der Waals surface area contributed by atoms with Crippen molar-refractivity contribution >= 4 is 17.8 Å². The SMILES string of the molecule is CCOC(=O)C(C)=CC(C(C)C)N(C)C(=O)CNC(=O)C1C(C)CCCN1C. The van der Waals surface area contributed by atoms with Gasteiger partial charge in [0.1, 0.15) is 0 Å². The van der Waals surface area contributed by atoms with Gasteiger partial charge >= 0.3 is 5.97 Å². The summed E-state index contributed by atoms with van der Waals surface area (Å²) in [5.74, 6) is -0.290. The van der Waals surface area contributed by atoms with Crippen LogP contribution >= 0.6 is 0 Å². The zero-order valence-electron chi connectivity index (χ0n) is 18.4. The van der Waals surface area contributed by atoms with Crippen molar-refractivity contribution in [1.29, 1.82) is 0 Å². The van der Waals surface area contributed by atoms with Crippen LogP contribution in [0.2, 0.25) is 0 Å². The van der Waals surface area contributed by atoms with Crippen molar-refractivity contribution in [2.45, 2.75) is 59.5 Å². The summed E-state index contributed by atoms with van der Waals surface area (Å²) in [6, 6.07) is -0.455. The fourth-order valence-electron chi connectivity index (χ4n) is 3.73. The largest absolute Gasteiger partial charge is 0.463 e. The number of amides is 2. The molecule has 1 N–H and O–H groups in total. The van der Waals surface area contributed by atoms with Gasteiger partial charge in [0.15, 0.2) is 0 Å². The number of nitrogens with one attached hydrogen (secondary N) is 1. The van der Waals surface area contributed by atoms with E-state index in [2.05, 4.69) is 17.1 Å². The summed E-state index contributed by atoms with van der Waals surface area (Å²) in [6.07, 6.45) is 3.87. The van der Waals surface area contributed by atoms with E-state index in [0.717, 1.165) is 19.4 Å². The summed E-state index contributed by atoms with van der Waals surface area (Å²) < 4.78 is 5.02. The molecule has 160 valence electrons. The Morgan fingerprint density at radius 2 is 1.96 bits per heavy atom. The number of nitrogens with zero attached hydrogens (tertiary/aromatic N) is 2. The number of likely N-dealkylation sites (tertiary alicyclic amines) is 1. The molecule has 2 amide bonds. The number of piperidine rings is 1. The molecule has 3 unspecified atom stereocenters. The fraction of sp³-hybridized carbons (Fsp3) is 0.762. The van der Waals surface area contributed by atoms with Crippen molar-refractivity contribution in [2.24, 2.45) is 11.8 Å². The van der Waals surface area contributed by atoms with Gasteiger partial charge in [0.05, 0.1) is 25.2 Å². The molecule has 1 saturated heterocycles. The Morgan fingerprint density at radius 1 is 1.32 bits per heavy atom. The van der Waals surface area contributed by atoms with Crippen LogP contribution in [0.5, 0.6) is 0 Å². The minimum absolute atomic E-state index is 0.0537. The Labute approximate surface area is 169 Å². The zero-order valence-corrected chi connectivity index (χ0v) is 18.4. The molecule has 0 aromatic carbocycles. The highest BCUT2D eigenvalue weighted by Gasteiger charge is 2.32. The predicted molar refractivity (Wildman–Crippen MR) is 110 cm³/mol. The highest BCUT2D eigenvalue weighted by atomic mass is 16.5. The van der Waals surface area contributed by atoms with Crippen LogP contribution < -0.4 is 5.32 Å². The normalized spacial score (nSPS) is 21.9. The van der Waals surface area contributed by atoms with Gasteiger partial charge in [-0.15, -0.1) is 0 Å². The molecule has 0 aromatic heterocycles. The first kappa shape index (κ1) is 24.1. The minimum Gasteiger partial charge on any atom is -0.463 e. The smallest absolute Gasteiger partial charge is 0.333 e. The molecule has 0 aliphatic carbocycles. The lowest BCUT2D eigenvalue weighted by Crippen LogP contribution is -2.53. The Bertz CT molecular complexity index is 578. The van der Waals surface area contributed by atoms with Crippen molar-refractivity contribution in [2.75, 3.05) is 33.8 Å². The van der Waals surface area contributed by atoms with Crippen LogP contribution in [-0.4, -0.2) is 73.5 Å².